The monoisotopic (exact) mass is 424 g/mol. The molecule has 1 fully saturated rings. The number of aryl methyl sites for hydroxylation is 2. The van der Waals surface area contributed by atoms with E-state index in [1.807, 2.05) is 4.90 Å². The van der Waals surface area contributed by atoms with Crippen LogP contribution in [0.2, 0.25) is 0 Å². The Hall–Kier alpha value is -3.24. The van der Waals surface area contributed by atoms with Crippen molar-refractivity contribution in [1.29, 1.82) is 0 Å². The second kappa shape index (κ2) is 8.25. The molecular formula is C19H20F4N6O. The first-order valence-corrected chi connectivity index (χ1v) is 9.10. The molecule has 160 valence electrons. The number of nitrogens with one attached hydrogen (secondary N) is 1. The number of carbonyl (C=O) groups excluding carboxylic acids is 1. The molecule has 0 aliphatic carbocycles. The average Bonchev–Trinajstić information content (AvgIpc) is 2.70. The Bertz CT molecular complexity index is 953. The van der Waals surface area contributed by atoms with Gasteiger partial charge in [0.15, 0.2) is 17.5 Å². The Morgan fingerprint density at radius 3 is 2.27 bits per heavy atom. The number of halogens is 4. The minimum Gasteiger partial charge on any atom is -0.350 e. The predicted octanol–water partition coefficient (Wildman–Crippen LogP) is 3.38. The Balaban J connectivity index is 1.82. The van der Waals surface area contributed by atoms with Crippen molar-refractivity contribution >= 4 is 23.2 Å². The average molecular weight is 424 g/mol. The zero-order valence-electron chi connectivity index (χ0n) is 16.4. The molecule has 0 radical (unpaired) electrons. The summed E-state index contributed by atoms with van der Waals surface area (Å²) in [6, 6.07) is 2.14. The summed E-state index contributed by atoms with van der Waals surface area (Å²) in [5.74, 6) is -0.903. The van der Waals surface area contributed by atoms with E-state index in [2.05, 4.69) is 26.8 Å². The molecule has 3 rings (SSSR count). The number of rotatable bonds is 4. The van der Waals surface area contributed by atoms with E-state index in [9.17, 15) is 22.4 Å². The molecule has 30 heavy (non-hydrogen) atoms. The van der Waals surface area contributed by atoms with E-state index in [1.165, 1.54) is 11.0 Å². The van der Waals surface area contributed by atoms with Crippen molar-refractivity contribution in [1.82, 2.24) is 19.9 Å². The molecule has 0 spiro atoms. The van der Waals surface area contributed by atoms with Crippen molar-refractivity contribution in [3.8, 4) is 0 Å². The van der Waals surface area contributed by atoms with E-state index in [-0.39, 0.29) is 13.1 Å². The topological polar surface area (TPSA) is 74.2 Å². The third kappa shape index (κ3) is 4.66. The number of hydrogen-bond acceptors (Lipinski definition) is 6. The van der Waals surface area contributed by atoms with Crippen LogP contribution in [0, 0.1) is 13.8 Å². The Morgan fingerprint density at radius 2 is 1.73 bits per heavy atom. The van der Waals surface area contributed by atoms with Crippen LogP contribution in [-0.4, -0.2) is 51.9 Å². The minimum absolute atomic E-state index is 0.275. The van der Waals surface area contributed by atoms with Crippen molar-refractivity contribution in [2.75, 3.05) is 36.4 Å². The van der Waals surface area contributed by atoms with Gasteiger partial charge in [0, 0.05) is 26.2 Å². The lowest BCUT2D eigenvalue weighted by molar-refractivity contribution is -0.141. The highest BCUT2D eigenvalue weighted by molar-refractivity contribution is 5.90. The second-order valence-electron chi connectivity index (χ2n) is 6.81. The molecule has 7 nitrogen and oxygen atoms in total. The van der Waals surface area contributed by atoms with Crippen LogP contribution in [0.5, 0.6) is 0 Å². The van der Waals surface area contributed by atoms with Crippen molar-refractivity contribution in [2.24, 2.45) is 0 Å². The molecular weight excluding hydrogens is 404 g/mol. The van der Waals surface area contributed by atoms with Crippen LogP contribution in [0.1, 0.15) is 17.1 Å². The maximum atomic E-state index is 13.1. The number of carbonyl (C=O) groups is 1. The molecule has 0 aromatic carbocycles. The fourth-order valence-corrected chi connectivity index (χ4v) is 2.96. The Kier molecular flexibility index (Phi) is 5.90. The van der Waals surface area contributed by atoms with Crippen LogP contribution < -0.4 is 10.2 Å². The molecule has 0 bridgehead atoms. The Morgan fingerprint density at radius 1 is 1.10 bits per heavy atom. The van der Waals surface area contributed by atoms with E-state index >= 15 is 0 Å². The van der Waals surface area contributed by atoms with Gasteiger partial charge in [0.1, 0.15) is 5.69 Å². The number of pyridine rings is 1. The lowest BCUT2D eigenvalue weighted by Crippen LogP contribution is -2.49. The number of anilines is 3. The third-order valence-electron chi connectivity index (χ3n) is 4.70. The number of piperazine rings is 1. The van der Waals surface area contributed by atoms with Crippen LogP contribution in [0.3, 0.4) is 0 Å². The van der Waals surface area contributed by atoms with Crippen LogP contribution in [0.4, 0.5) is 34.9 Å². The van der Waals surface area contributed by atoms with Gasteiger partial charge in [-0.25, -0.2) is 19.3 Å². The number of amides is 1. The Labute approximate surface area is 170 Å². The molecule has 2 aromatic rings. The van der Waals surface area contributed by atoms with Gasteiger partial charge in [-0.2, -0.15) is 13.2 Å². The van der Waals surface area contributed by atoms with Gasteiger partial charge in [0.2, 0.25) is 0 Å². The molecule has 0 atom stereocenters. The molecule has 2 aromatic heterocycles. The van der Waals surface area contributed by atoms with Crippen LogP contribution in [0.25, 0.3) is 0 Å². The van der Waals surface area contributed by atoms with Crippen LogP contribution in [0.15, 0.2) is 30.7 Å². The molecule has 1 N–H and O–H groups in total. The normalized spacial score (nSPS) is 14.6. The minimum atomic E-state index is -4.52. The molecule has 0 unspecified atom stereocenters. The number of hydrogen-bond donors (Lipinski definition) is 1. The smallest absolute Gasteiger partial charge is 0.350 e. The van der Waals surface area contributed by atoms with Gasteiger partial charge < -0.3 is 15.1 Å². The summed E-state index contributed by atoms with van der Waals surface area (Å²) in [7, 11) is 0. The molecule has 3 heterocycles. The first-order chi connectivity index (χ1) is 14.1. The van der Waals surface area contributed by atoms with Gasteiger partial charge in [-0.15, -0.1) is 0 Å². The standard InChI is InChI=1S/C19H20F4N6O/c1-11(20)18(30)29-8-6-28(7-9-29)17-16(25-12(2)13(3)26-17)27-14-4-5-15(24-10-14)19(21,22)23/h4-5,10H,1,6-9H2,2-3H3,(H,25,27). The second-order valence-corrected chi connectivity index (χ2v) is 6.81. The molecule has 1 aliphatic heterocycles. The van der Waals surface area contributed by atoms with Gasteiger partial charge in [0.05, 0.1) is 23.3 Å². The summed E-state index contributed by atoms with van der Waals surface area (Å²) in [6.07, 6.45) is -3.45. The van der Waals surface area contributed by atoms with Crippen LogP contribution >= 0.6 is 0 Å². The first-order valence-electron chi connectivity index (χ1n) is 9.10. The van der Waals surface area contributed by atoms with Gasteiger partial charge in [-0.1, -0.05) is 6.58 Å². The number of aromatic nitrogens is 3. The zero-order valence-corrected chi connectivity index (χ0v) is 16.4. The van der Waals surface area contributed by atoms with Gasteiger partial charge >= 0.3 is 6.18 Å². The lowest BCUT2D eigenvalue weighted by Gasteiger charge is -2.35. The highest BCUT2D eigenvalue weighted by atomic mass is 19.4. The molecule has 1 aliphatic rings. The molecule has 11 heteroatoms. The van der Waals surface area contributed by atoms with E-state index in [4.69, 9.17) is 0 Å². The predicted molar refractivity (Wildman–Crippen MR) is 103 cm³/mol. The summed E-state index contributed by atoms with van der Waals surface area (Å²) in [6.45, 7) is 7.92. The fourth-order valence-electron chi connectivity index (χ4n) is 2.96. The van der Waals surface area contributed by atoms with Gasteiger partial charge in [0.25, 0.3) is 5.91 Å². The van der Waals surface area contributed by atoms with E-state index in [0.29, 0.717) is 41.8 Å². The van der Waals surface area contributed by atoms with Gasteiger partial charge in [-0.3, -0.25) is 4.79 Å². The summed E-state index contributed by atoms with van der Waals surface area (Å²) in [5, 5.41) is 2.97. The van der Waals surface area contributed by atoms with E-state index in [1.54, 1.807) is 13.8 Å². The number of nitrogens with zero attached hydrogens (tertiary/aromatic N) is 5. The van der Waals surface area contributed by atoms with Crippen molar-refractivity contribution in [3.05, 3.63) is 47.8 Å². The third-order valence-corrected chi connectivity index (χ3v) is 4.70. The quantitative estimate of drug-likeness (QED) is 0.599. The van der Waals surface area contributed by atoms with Crippen molar-refractivity contribution in [3.63, 3.8) is 0 Å². The molecule has 1 saturated heterocycles. The maximum absolute atomic E-state index is 13.1. The van der Waals surface area contributed by atoms with Crippen molar-refractivity contribution in [2.45, 2.75) is 20.0 Å². The summed E-state index contributed by atoms with van der Waals surface area (Å²) in [4.78, 5) is 27.5. The van der Waals surface area contributed by atoms with E-state index < -0.39 is 23.6 Å². The van der Waals surface area contributed by atoms with Gasteiger partial charge in [-0.05, 0) is 26.0 Å². The molecule has 0 saturated carbocycles. The highest BCUT2D eigenvalue weighted by Crippen LogP contribution is 2.30. The largest absolute Gasteiger partial charge is 0.433 e. The summed E-state index contributed by atoms with van der Waals surface area (Å²) < 4.78 is 51.3. The summed E-state index contributed by atoms with van der Waals surface area (Å²) in [5.41, 5.74) is 0.680. The van der Waals surface area contributed by atoms with E-state index in [0.717, 1.165) is 12.3 Å². The lowest BCUT2D eigenvalue weighted by atomic mass is 10.2. The highest BCUT2D eigenvalue weighted by Gasteiger charge is 2.32. The van der Waals surface area contributed by atoms with Crippen molar-refractivity contribution < 1.29 is 22.4 Å². The molecule has 1 amide bonds. The maximum Gasteiger partial charge on any atom is 0.433 e. The fraction of sp³-hybridized carbons (Fsp3) is 0.368. The first kappa shape index (κ1) is 21.5. The zero-order chi connectivity index (χ0) is 22.1. The SMILES string of the molecule is C=C(F)C(=O)N1CCN(c2nc(C)c(C)nc2Nc2ccc(C(F)(F)F)nc2)CC1. The number of alkyl halides is 3. The van der Waals surface area contributed by atoms with Crippen LogP contribution in [-0.2, 0) is 11.0 Å². The summed E-state index contributed by atoms with van der Waals surface area (Å²) >= 11 is 0.